The Bertz CT molecular complexity index is 1150. The van der Waals surface area contributed by atoms with Crippen LogP contribution < -0.4 is 5.32 Å². The number of carbonyl (C=O) groups excluding carboxylic acids is 1. The van der Waals surface area contributed by atoms with Gasteiger partial charge in [-0.05, 0) is 29.7 Å². The van der Waals surface area contributed by atoms with Crippen LogP contribution in [0.15, 0.2) is 82.9 Å². The molecule has 2 heterocycles. The number of carbonyl (C=O) groups is 2. The van der Waals surface area contributed by atoms with Gasteiger partial charge in [0.1, 0.15) is 17.2 Å². The molecule has 0 aliphatic heterocycles. The van der Waals surface area contributed by atoms with Gasteiger partial charge < -0.3 is 14.8 Å². The van der Waals surface area contributed by atoms with Crippen molar-refractivity contribution in [1.29, 1.82) is 0 Å². The molecule has 0 aliphatic carbocycles. The molecule has 1 amide bonds. The van der Waals surface area contributed by atoms with Gasteiger partial charge in [0.15, 0.2) is 0 Å². The van der Waals surface area contributed by atoms with Gasteiger partial charge in [-0.1, -0.05) is 48.5 Å². The normalized spacial score (nSPS) is 11.5. The maximum Gasteiger partial charge on any atom is 0.352 e. The van der Waals surface area contributed by atoms with Crippen LogP contribution in [-0.2, 0) is 4.79 Å². The fourth-order valence-electron chi connectivity index (χ4n) is 2.76. The standard InChI is InChI=1S/C22H15NO4S/c24-21(20-12-15-8-4-5-9-19(15)28-20)23-17(22(25)26)13-16-10-11-18(27-16)14-6-2-1-3-7-14/h1-13H,(H,23,24)(H,25,26)/b17-13-. The highest BCUT2D eigenvalue weighted by molar-refractivity contribution is 7.20. The zero-order valence-electron chi connectivity index (χ0n) is 14.6. The molecular weight excluding hydrogens is 374 g/mol. The van der Waals surface area contributed by atoms with E-state index in [4.69, 9.17) is 4.42 Å². The highest BCUT2D eigenvalue weighted by Gasteiger charge is 2.16. The van der Waals surface area contributed by atoms with Gasteiger partial charge in [0.2, 0.25) is 0 Å². The number of benzene rings is 2. The average Bonchev–Trinajstić information content (AvgIpc) is 3.35. The summed E-state index contributed by atoms with van der Waals surface area (Å²) in [6.45, 7) is 0. The lowest BCUT2D eigenvalue weighted by atomic mass is 10.2. The van der Waals surface area contributed by atoms with Crippen LogP contribution >= 0.6 is 11.3 Å². The van der Waals surface area contributed by atoms with Crippen LogP contribution in [0.3, 0.4) is 0 Å². The molecule has 2 aromatic heterocycles. The monoisotopic (exact) mass is 389 g/mol. The Hall–Kier alpha value is -3.64. The Labute approximate surface area is 164 Å². The SMILES string of the molecule is O=C(O)/C(=C/c1ccc(-c2ccccc2)o1)NC(=O)c1cc2ccccc2s1. The molecule has 0 aliphatic rings. The van der Waals surface area contributed by atoms with Crippen molar-refractivity contribution in [1.82, 2.24) is 5.32 Å². The van der Waals surface area contributed by atoms with Crippen LogP contribution in [0.25, 0.3) is 27.5 Å². The average molecular weight is 389 g/mol. The van der Waals surface area contributed by atoms with Crippen molar-refractivity contribution >= 4 is 39.4 Å². The van der Waals surface area contributed by atoms with Crippen LogP contribution in [0.5, 0.6) is 0 Å². The lowest BCUT2D eigenvalue weighted by Gasteiger charge is -2.03. The fourth-order valence-corrected chi connectivity index (χ4v) is 3.72. The summed E-state index contributed by atoms with van der Waals surface area (Å²) in [5.74, 6) is -0.753. The van der Waals surface area contributed by atoms with Crippen molar-refractivity contribution in [2.24, 2.45) is 0 Å². The van der Waals surface area contributed by atoms with Gasteiger partial charge >= 0.3 is 5.97 Å². The van der Waals surface area contributed by atoms with Gasteiger partial charge in [0, 0.05) is 16.3 Å². The van der Waals surface area contributed by atoms with Gasteiger partial charge in [-0.3, -0.25) is 4.79 Å². The number of fused-ring (bicyclic) bond motifs is 1. The van der Waals surface area contributed by atoms with Gasteiger partial charge in [-0.15, -0.1) is 11.3 Å². The van der Waals surface area contributed by atoms with E-state index in [9.17, 15) is 14.7 Å². The Morgan fingerprint density at radius 1 is 0.964 bits per heavy atom. The maximum absolute atomic E-state index is 12.5. The number of amides is 1. The molecule has 0 atom stereocenters. The van der Waals surface area contributed by atoms with E-state index in [1.54, 1.807) is 18.2 Å². The molecular formula is C22H15NO4S. The van der Waals surface area contributed by atoms with Crippen molar-refractivity contribution < 1.29 is 19.1 Å². The minimum atomic E-state index is -1.24. The number of thiophene rings is 1. The van der Waals surface area contributed by atoms with Crippen molar-refractivity contribution in [3.05, 3.63) is 89.1 Å². The zero-order chi connectivity index (χ0) is 19.5. The minimum Gasteiger partial charge on any atom is -0.477 e. The van der Waals surface area contributed by atoms with Crippen LogP contribution in [-0.4, -0.2) is 17.0 Å². The first-order valence-corrected chi connectivity index (χ1v) is 9.32. The quantitative estimate of drug-likeness (QED) is 0.470. The van der Waals surface area contributed by atoms with Crippen molar-refractivity contribution in [2.45, 2.75) is 0 Å². The van der Waals surface area contributed by atoms with Gasteiger partial charge in [0.05, 0.1) is 4.88 Å². The predicted octanol–water partition coefficient (Wildman–Crippen LogP) is 5.02. The van der Waals surface area contributed by atoms with Crippen molar-refractivity contribution in [2.75, 3.05) is 0 Å². The molecule has 6 heteroatoms. The molecule has 2 N–H and O–H groups in total. The molecule has 5 nitrogen and oxygen atoms in total. The number of carboxylic acid groups (broad SMARTS) is 1. The summed E-state index contributed by atoms with van der Waals surface area (Å²) < 4.78 is 6.66. The molecule has 4 aromatic rings. The molecule has 0 bridgehead atoms. The molecule has 0 radical (unpaired) electrons. The Morgan fingerprint density at radius 2 is 1.71 bits per heavy atom. The Balaban J connectivity index is 1.58. The third kappa shape index (κ3) is 3.72. The lowest BCUT2D eigenvalue weighted by Crippen LogP contribution is -2.26. The lowest BCUT2D eigenvalue weighted by molar-refractivity contribution is -0.132. The number of hydrogen-bond donors (Lipinski definition) is 2. The van der Waals surface area contributed by atoms with E-state index in [0.717, 1.165) is 15.6 Å². The van der Waals surface area contributed by atoms with Crippen LogP contribution in [0, 0.1) is 0 Å². The summed E-state index contributed by atoms with van der Waals surface area (Å²) in [6.07, 6.45) is 1.31. The predicted molar refractivity (Wildman–Crippen MR) is 109 cm³/mol. The van der Waals surface area contributed by atoms with E-state index in [2.05, 4.69) is 5.32 Å². The maximum atomic E-state index is 12.5. The van der Waals surface area contributed by atoms with Gasteiger partial charge in [-0.25, -0.2) is 4.79 Å². The number of carboxylic acids is 1. The largest absolute Gasteiger partial charge is 0.477 e. The number of aliphatic carboxylic acids is 1. The number of furan rings is 1. The van der Waals surface area contributed by atoms with E-state index >= 15 is 0 Å². The molecule has 0 spiro atoms. The molecule has 28 heavy (non-hydrogen) atoms. The summed E-state index contributed by atoms with van der Waals surface area (Å²) in [6, 6.07) is 22.2. The molecule has 0 saturated carbocycles. The topological polar surface area (TPSA) is 79.5 Å². The zero-order valence-corrected chi connectivity index (χ0v) is 15.4. The first-order valence-electron chi connectivity index (χ1n) is 8.50. The molecule has 0 fully saturated rings. The van der Waals surface area contributed by atoms with E-state index < -0.39 is 11.9 Å². The van der Waals surface area contributed by atoms with E-state index in [0.29, 0.717) is 16.4 Å². The number of nitrogens with one attached hydrogen (secondary N) is 1. The molecule has 4 rings (SSSR count). The van der Waals surface area contributed by atoms with Crippen molar-refractivity contribution in [3.63, 3.8) is 0 Å². The summed E-state index contributed by atoms with van der Waals surface area (Å²) in [5, 5.41) is 12.9. The number of hydrogen-bond acceptors (Lipinski definition) is 4. The summed E-state index contributed by atoms with van der Waals surface area (Å²) in [5.41, 5.74) is 0.629. The fraction of sp³-hybridized carbons (Fsp3) is 0. The third-order valence-electron chi connectivity index (χ3n) is 4.10. The van der Waals surface area contributed by atoms with Crippen LogP contribution in [0.4, 0.5) is 0 Å². The second-order valence-electron chi connectivity index (χ2n) is 6.03. The van der Waals surface area contributed by atoms with Crippen LogP contribution in [0.2, 0.25) is 0 Å². The Morgan fingerprint density at radius 3 is 2.46 bits per heavy atom. The summed E-state index contributed by atoms with van der Waals surface area (Å²) in [4.78, 5) is 24.6. The van der Waals surface area contributed by atoms with Crippen LogP contribution in [0.1, 0.15) is 15.4 Å². The smallest absolute Gasteiger partial charge is 0.352 e. The first kappa shape index (κ1) is 17.8. The second-order valence-corrected chi connectivity index (χ2v) is 7.12. The number of rotatable bonds is 5. The minimum absolute atomic E-state index is 0.253. The molecule has 2 aromatic carbocycles. The highest BCUT2D eigenvalue weighted by atomic mass is 32.1. The van der Waals surface area contributed by atoms with Gasteiger partial charge in [0.25, 0.3) is 5.91 Å². The van der Waals surface area contributed by atoms with E-state index in [1.807, 2.05) is 54.6 Å². The molecule has 138 valence electrons. The second kappa shape index (κ2) is 7.54. The third-order valence-corrected chi connectivity index (χ3v) is 5.21. The summed E-state index contributed by atoms with van der Waals surface area (Å²) in [7, 11) is 0. The van der Waals surface area contributed by atoms with Crippen molar-refractivity contribution in [3.8, 4) is 11.3 Å². The van der Waals surface area contributed by atoms with Gasteiger partial charge in [-0.2, -0.15) is 0 Å². The van der Waals surface area contributed by atoms with E-state index in [1.165, 1.54) is 17.4 Å². The van der Waals surface area contributed by atoms with E-state index in [-0.39, 0.29) is 5.70 Å². The highest BCUT2D eigenvalue weighted by Crippen LogP contribution is 2.26. The Kier molecular flexibility index (Phi) is 4.78. The summed E-state index contributed by atoms with van der Waals surface area (Å²) >= 11 is 1.31. The first-order chi connectivity index (χ1) is 13.6. The molecule has 0 unspecified atom stereocenters. The molecule has 0 saturated heterocycles.